The van der Waals surface area contributed by atoms with Gasteiger partial charge in [-0.2, -0.15) is 0 Å². The minimum absolute atomic E-state index is 0.0519. The summed E-state index contributed by atoms with van der Waals surface area (Å²) in [5.41, 5.74) is 6.70. The van der Waals surface area contributed by atoms with Crippen molar-refractivity contribution >= 4 is 34.6 Å². The number of hydrogen-bond donors (Lipinski definition) is 2. The average molecular weight is 412 g/mol. The number of nitrogens with two attached hydrogens (primary N) is 1. The molecule has 1 heterocycles. The van der Waals surface area contributed by atoms with Crippen LogP contribution >= 0.6 is 0 Å². The highest BCUT2D eigenvalue weighted by atomic mass is 16.6. The molecule has 158 valence electrons. The summed E-state index contributed by atoms with van der Waals surface area (Å²) in [7, 11) is 0. The average Bonchev–Trinajstić information content (AvgIpc) is 2.73. The van der Waals surface area contributed by atoms with Crippen molar-refractivity contribution in [2.45, 2.75) is 19.8 Å². The number of anilines is 3. The molecule has 0 unspecified atom stereocenters. The number of nitro benzene ring substituents is 1. The van der Waals surface area contributed by atoms with E-state index in [1.807, 2.05) is 12.1 Å². The molecule has 1 amide bonds. The first-order chi connectivity index (χ1) is 14.3. The van der Waals surface area contributed by atoms with Crippen LogP contribution in [0.25, 0.3) is 0 Å². The van der Waals surface area contributed by atoms with E-state index in [1.165, 1.54) is 25.0 Å². The molecule has 0 spiro atoms. The summed E-state index contributed by atoms with van der Waals surface area (Å²) in [4.78, 5) is 36.7. The normalized spacial score (nSPS) is 14.2. The molecule has 0 aromatic heterocycles. The number of esters is 1. The van der Waals surface area contributed by atoms with E-state index in [2.05, 4.69) is 17.1 Å². The van der Waals surface area contributed by atoms with E-state index in [0.717, 1.165) is 30.8 Å². The Kier molecular flexibility index (Phi) is 6.51. The van der Waals surface area contributed by atoms with Crippen LogP contribution in [0.15, 0.2) is 42.5 Å². The van der Waals surface area contributed by atoms with Crippen LogP contribution < -0.4 is 16.0 Å². The van der Waals surface area contributed by atoms with Crippen molar-refractivity contribution < 1.29 is 19.2 Å². The number of nitrogens with zero attached hydrogens (tertiary/aromatic N) is 2. The number of nitrogen functional groups attached to an aromatic ring is 1. The van der Waals surface area contributed by atoms with Gasteiger partial charge in [-0.3, -0.25) is 14.9 Å². The lowest BCUT2D eigenvalue weighted by molar-refractivity contribution is -0.383. The predicted molar refractivity (Wildman–Crippen MR) is 113 cm³/mol. The quantitative estimate of drug-likeness (QED) is 0.323. The molecule has 0 atom stereocenters. The van der Waals surface area contributed by atoms with Gasteiger partial charge in [-0.25, -0.2) is 4.79 Å². The minimum atomic E-state index is -0.845. The van der Waals surface area contributed by atoms with E-state index in [9.17, 15) is 19.7 Å². The third kappa shape index (κ3) is 5.25. The van der Waals surface area contributed by atoms with Gasteiger partial charge >= 0.3 is 5.97 Å². The van der Waals surface area contributed by atoms with Crippen LogP contribution in [-0.2, 0) is 9.53 Å². The van der Waals surface area contributed by atoms with Crippen LogP contribution in [0.2, 0.25) is 0 Å². The molecule has 30 heavy (non-hydrogen) atoms. The Morgan fingerprint density at radius 1 is 1.20 bits per heavy atom. The van der Waals surface area contributed by atoms with Gasteiger partial charge in [-0.05, 0) is 55.2 Å². The van der Waals surface area contributed by atoms with E-state index in [4.69, 9.17) is 10.5 Å². The van der Waals surface area contributed by atoms with Crippen LogP contribution in [0.1, 0.15) is 30.1 Å². The van der Waals surface area contributed by atoms with E-state index in [-0.39, 0.29) is 11.3 Å². The van der Waals surface area contributed by atoms with Crippen LogP contribution in [-0.4, -0.2) is 36.5 Å². The number of rotatable bonds is 6. The highest BCUT2D eigenvalue weighted by Gasteiger charge is 2.18. The molecule has 3 N–H and O–H groups in total. The number of hydrogen-bond acceptors (Lipinski definition) is 7. The lowest BCUT2D eigenvalue weighted by atomic mass is 9.99. The van der Waals surface area contributed by atoms with Gasteiger partial charge in [0.2, 0.25) is 0 Å². The van der Waals surface area contributed by atoms with Crippen LogP contribution in [0, 0.1) is 16.0 Å². The Morgan fingerprint density at radius 2 is 1.87 bits per heavy atom. The first-order valence-corrected chi connectivity index (χ1v) is 9.69. The Morgan fingerprint density at radius 3 is 2.50 bits per heavy atom. The summed E-state index contributed by atoms with van der Waals surface area (Å²) in [5, 5.41) is 13.6. The molecule has 2 aromatic carbocycles. The smallest absolute Gasteiger partial charge is 0.338 e. The Bertz CT molecular complexity index is 937. The molecule has 0 aliphatic carbocycles. The zero-order valence-electron chi connectivity index (χ0n) is 16.7. The summed E-state index contributed by atoms with van der Waals surface area (Å²) in [6.45, 7) is 3.79. The fraction of sp³-hybridized carbons (Fsp3) is 0.333. The lowest BCUT2D eigenvalue weighted by Crippen LogP contribution is -2.32. The molecule has 9 heteroatoms. The SMILES string of the molecule is CC1CCN(c2ccc(NC(=O)COC(=O)c3ccc(N)c([N+](=O)[O-])c3)cc2)CC1. The van der Waals surface area contributed by atoms with Gasteiger partial charge in [0.15, 0.2) is 6.61 Å². The Labute approximate surface area is 174 Å². The summed E-state index contributed by atoms with van der Waals surface area (Å²) in [6.07, 6.45) is 2.34. The highest BCUT2D eigenvalue weighted by molar-refractivity contribution is 5.96. The number of ether oxygens (including phenoxy) is 1. The van der Waals surface area contributed by atoms with Crippen molar-refractivity contribution in [3.8, 4) is 0 Å². The molecule has 3 rings (SSSR count). The number of nitro groups is 1. The van der Waals surface area contributed by atoms with Gasteiger partial charge in [0.05, 0.1) is 10.5 Å². The first-order valence-electron chi connectivity index (χ1n) is 9.69. The molecule has 0 saturated carbocycles. The maximum Gasteiger partial charge on any atom is 0.338 e. The molecule has 9 nitrogen and oxygen atoms in total. The molecule has 1 fully saturated rings. The van der Waals surface area contributed by atoms with Gasteiger partial charge in [-0.15, -0.1) is 0 Å². The summed E-state index contributed by atoms with van der Waals surface area (Å²) >= 11 is 0. The molecule has 1 saturated heterocycles. The fourth-order valence-corrected chi connectivity index (χ4v) is 3.26. The second-order valence-corrected chi connectivity index (χ2v) is 7.37. The van der Waals surface area contributed by atoms with Gasteiger partial charge in [0, 0.05) is 30.5 Å². The molecular formula is C21H24N4O5. The summed E-state index contributed by atoms with van der Waals surface area (Å²) in [5.74, 6) is -0.599. The minimum Gasteiger partial charge on any atom is -0.452 e. The highest BCUT2D eigenvalue weighted by Crippen LogP contribution is 2.25. The molecule has 0 radical (unpaired) electrons. The van der Waals surface area contributed by atoms with Crippen LogP contribution in [0.4, 0.5) is 22.7 Å². The summed E-state index contributed by atoms with van der Waals surface area (Å²) < 4.78 is 4.94. The number of carbonyl (C=O) groups is 2. The zero-order chi connectivity index (χ0) is 21.7. The van der Waals surface area contributed by atoms with Crippen molar-refractivity contribution in [2.75, 3.05) is 35.6 Å². The number of benzene rings is 2. The van der Waals surface area contributed by atoms with E-state index >= 15 is 0 Å². The second kappa shape index (κ2) is 9.25. The molecule has 2 aromatic rings. The van der Waals surface area contributed by atoms with Gasteiger partial charge < -0.3 is 20.7 Å². The first kappa shape index (κ1) is 21.1. The number of amides is 1. The molecule has 1 aliphatic heterocycles. The topological polar surface area (TPSA) is 128 Å². The van der Waals surface area contributed by atoms with E-state index in [0.29, 0.717) is 5.69 Å². The van der Waals surface area contributed by atoms with Crippen LogP contribution in [0.5, 0.6) is 0 Å². The van der Waals surface area contributed by atoms with Crippen molar-refractivity contribution in [3.63, 3.8) is 0 Å². The standard InChI is InChI=1S/C21H24N4O5/c1-14-8-10-24(11-9-14)17-5-3-16(4-6-17)23-20(26)13-30-21(27)15-2-7-18(22)19(12-15)25(28)29/h2-7,12,14H,8-11,13,22H2,1H3,(H,23,26). The monoisotopic (exact) mass is 412 g/mol. The third-order valence-corrected chi connectivity index (χ3v) is 5.10. The third-order valence-electron chi connectivity index (χ3n) is 5.10. The second-order valence-electron chi connectivity index (χ2n) is 7.37. The van der Waals surface area contributed by atoms with Gasteiger partial charge in [0.1, 0.15) is 5.69 Å². The van der Waals surface area contributed by atoms with E-state index < -0.39 is 29.1 Å². The zero-order valence-corrected chi connectivity index (χ0v) is 16.7. The number of nitrogens with one attached hydrogen (secondary N) is 1. The fourth-order valence-electron chi connectivity index (χ4n) is 3.26. The number of carbonyl (C=O) groups excluding carboxylic acids is 2. The van der Waals surface area contributed by atoms with E-state index in [1.54, 1.807) is 12.1 Å². The van der Waals surface area contributed by atoms with Gasteiger partial charge in [-0.1, -0.05) is 6.92 Å². The molecular weight excluding hydrogens is 388 g/mol. The number of piperidine rings is 1. The Balaban J connectivity index is 1.51. The summed E-state index contributed by atoms with van der Waals surface area (Å²) in [6, 6.07) is 11.1. The molecule has 1 aliphatic rings. The molecule has 0 bridgehead atoms. The maximum absolute atomic E-state index is 12.1. The van der Waals surface area contributed by atoms with Gasteiger partial charge in [0.25, 0.3) is 11.6 Å². The van der Waals surface area contributed by atoms with Crippen molar-refractivity contribution in [1.29, 1.82) is 0 Å². The largest absolute Gasteiger partial charge is 0.452 e. The van der Waals surface area contributed by atoms with Crippen molar-refractivity contribution in [2.24, 2.45) is 5.92 Å². The van der Waals surface area contributed by atoms with Crippen LogP contribution in [0.3, 0.4) is 0 Å². The Hall–Kier alpha value is -3.62. The lowest BCUT2D eigenvalue weighted by Gasteiger charge is -2.32. The van der Waals surface area contributed by atoms with Crippen molar-refractivity contribution in [1.82, 2.24) is 0 Å². The maximum atomic E-state index is 12.1. The predicted octanol–water partition coefficient (Wildman–Crippen LogP) is 3.21. The van der Waals surface area contributed by atoms with Crippen molar-refractivity contribution in [3.05, 3.63) is 58.1 Å².